The van der Waals surface area contributed by atoms with Crippen molar-refractivity contribution in [3.8, 4) is 0 Å². The standard InChI is InChI=1S/C10H20N2/c1-3-8-12(9(2)11)10-6-4-5-7-10/h10-11H,3-8H2,1-2H3/p+1. The van der Waals surface area contributed by atoms with Crippen molar-refractivity contribution < 1.29 is 4.58 Å². The number of nitrogens with two attached hydrogens (primary N) is 1. The van der Waals surface area contributed by atoms with Gasteiger partial charge in [0.05, 0.1) is 12.6 Å². The van der Waals surface area contributed by atoms with Gasteiger partial charge in [-0.25, -0.2) is 0 Å². The summed E-state index contributed by atoms with van der Waals surface area (Å²) < 4.78 is 2.38. The van der Waals surface area contributed by atoms with Crippen LogP contribution in [0.5, 0.6) is 0 Å². The molecule has 0 atom stereocenters. The van der Waals surface area contributed by atoms with E-state index in [2.05, 4.69) is 11.5 Å². The van der Waals surface area contributed by atoms with Gasteiger partial charge in [0.25, 0.3) is 0 Å². The van der Waals surface area contributed by atoms with Crippen LogP contribution in [0, 0.1) is 0 Å². The Kier molecular flexibility index (Phi) is 3.57. The Morgan fingerprint density at radius 1 is 1.42 bits per heavy atom. The van der Waals surface area contributed by atoms with Gasteiger partial charge in [0.1, 0.15) is 0 Å². The summed E-state index contributed by atoms with van der Waals surface area (Å²) in [6.45, 7) is 5.37. The van der Waals surface area contributed by atoms with Gasteiger partial charge in [0.2, 0.25) is 5.84 Å². The van der Waals surface area contributed by atoms with Gasteiger partial charge >= 0.3 is 0 Å². The molecule has 0 unspecified atom stereocenters. The molecule has 1 aliphatic carbocycles. The summed E-state index contributed by atoms with van der Waals surface area (Å²) in [4.78, 5) is 0. The van der Waals surface area contributed by atoms with Crippen LogP contribution in [0.2, 0.25) is 0 Å². The number of rotatable bonds is 3. The zero-order chi connectivity index (χ0) is 8.97. The quantitative estimate of drug-likeness (QED) is 0.389. The van der Waals surface area contributed by atoms with Crippen LogP contribution in [0.3, 0.4) is 0 Å². The van der Waals surface area contributed by atoms with Crippen LogP contribution in [0.25, 0.3) is 0 Å². The minimum atomic E-state index is 0.745. The maximum Gasteiger partial charge on any atom is 0.239 e. The second-order valence-corrected chi connectivity index (χ2v) is 3.77. The average molecular weight is 169 g/mol. The van der Waals surface area contributed by atoms with E-state index in [-0.39, 0.29) is 0 Å². The number of hydrogen-bond donors (Lipinski definition) is 1. The van der Waals surface area contributed by atoms with Gasteiger partial charge < -0.3 is 0 Å². The zero-order valence-electron chi connectivity index (χ0n) is 8.34. The Labute approximate surface area is 75.5 Å². The van der Waals surface area contributed by atoms with Gasteiger partial charge in [-0.1, -0.05) is 6.92 Å². The molecule has 0 spiro atoms. The molecule has 0 aliphatic heterocycles. The fourth-order valence-electron chi connectivity index (χ4n) is 2.10. The van der Waals surface area contributed by atoms with Crippen LogP contribution in [0.15, 0.2) is 0 Å². The van der Waals surface area contributed by atoms with E-state index in [4.69, 9.17) is 5.73 Å². The Hall–Kier alpha value is -0.530. The third-order valence-electron chi connectivity index (χ3n) is 2.68. The lowest BCUT2D eigenvalue weighted by Crippen LogP contribution is -2.33. The summed E-state index contributed by atoms with van der Waals surface area (Å²) in [6.07, 6.45) is 6.66. The first-order chi connectivity index (χ1) is 5.75. The smallest absolute Gasteiger partial charge is 0.239 e. The van der Waals surface area contributed by atoms with Gasteiger partial charge in [-0.2, -0.15) is 0 Å². The van der Waals surface area contributed by atoms with Crippen LogP contribution in [-0.2, 0) is 0 Å². The van der Waals surface area contributed by atoms with Gasteiger partial charge in [-0.15, -0.1) is 0 Å². The lowest BCUT2D eigenvalue weighted by molar-refractivity contribution is -0.566. The molecule has 2 heteroatoms. The minimum Gasteiger partial charge on any atom is -0.291 e. The third kappa shape index (κ3) is 2.23. The van der Waals surface area contributed by atoms with Gasteiger partial charge in [0, 0.05) is 6.92 Å². The van der Waals surface area contributed by atoms with Crippen molar-refractivity contribution in [2.24, 2.45) is 5.73 Å². The summed E-state index contributed by atoms with van der Waals surface area (Å²) in [5, 5.41) is 0. The lowest BCUT2D eigenvalue weighted by Gasteiger charge is -2.14. The Bertz CT molecular complexity index is 163. The molecule has 0 amide bonds. The van der Waals surface area contributed by atoms with Crippen LogP contribution in [-0.4, -0.2) is 23.0 Å². The van der Waals surface area contributed by atoms with E-state index in [1.54, 1.807) is 0 Å². The molecule has 12 heavy (non-hydrogen) atoms. The molecule has 1 rings (SSSR count). The number of amidine groups is 1. The monoisotopic (exact) mass is 169 g/mol. The van der Waals surface area contributed by atoms with Crippen molar-refractivity contribution in [1.29, 1.82) is 0 Å². The number of nitrogens with zero attached hydrogens (tertiary/aromatic N) is 1. The summed E-state index contributed by atoms with van der Waals surface area (Å²) in [5.74, 6) is 1.00. The largest absolute Gasteiger partial charge is 0.291 e. The molecule has 0 radical (unpaired) electrons. The van der Waals surface area contributed by atoms with Crippen LogP contribution < -0.4 is 5.73 Å². The van der Waals surface area contributed by atoms with Gasteiger partial charge in [-0.05, 0) is 32.1 Å². The maximum absolute atomic E-state index is 5.85. The van der Waals surface area contributed by atoms with Crippen LogP contribution in [0.4, 0.5) is 0 Å². The van der Waals surface area contributed by atoms with E-state index >= 15 is 0 Å². The Morgan fingerprint density at radius 2 is 2.00 bits per heavy atom. The Morgan fingerprint density at radius 3 is 2.42 bits per heavy atom. The predicted molar refractivity (Wildman–Crippen MR) is 52.5 cm³/mol. The second kappa shape index (κ2) is 4.48. The molecule has 0 aromatic rings. The van der Waals surface area contributed by atoms with Gasteiger partial charge in [-0.3, -0.25) is 10.3 Å². The fourth-order valence-corrected chi connectivity index (χ4v) is 2.10. The molecule has 0 aromatic carbocycles. The molecular formula is C10H21N2+. The minimum absolute atomic E-state index is 0.745. The van der Waals surface area contributed by atoms with Crippen molar-refractivity contribution in [2.45, 2.75) is 52.0 Å². The fraction of sp³-hybridized carbons (Fsp3) is 0.900. The zero-order valence-corrected chi connectivity index (χ0v) is 8.34. The van der Waals surface area contributed by atoms with E-state index < -0.39 is 0 Å². The molecule has 0 saturated heterocycles. The highest BCUT2D eigenvalue weighted by Gasteiger charge is 2.22. The van der Waals surface area contributed by atoms with E-state index in [9.17, 15) is 0 Å². The highest BCUT2D eigenvalue weighted by Crippen LogP contribution is 2.20. The summed E-state index contributed by atoms with van der Waals surface area (Å²) >= 11 is 0. The molecule has 1 saturated carbocycles. The summed E-state index contributed by atoms with van der Waals surface area (Å²) in [7, 11) is 0. The predicted octanol–water partition coefficient (Wildman–Crippen LogP) is 1.73. The molecule has 0 heterocycles. The molecule has 70 valence electrons. The summed E-state index contributed by atoms with van der Waals surface area (Å²) in [6, 6.07) is 0.745. The van der Waals surface area contributed by atoms with Crippen molar-refractivity contribution in [1.82, 2.24) is 0 Å². The molecular weight excluding hydrogens is 148 g/mol. The third-order valence-corrected chi connectivity index (χ3v) is 2.68. The second-order valence-electron chi connectivity index (χ2n) is 3.77. The molecule has 0 aromatic heterocycles. The van der Waals surface area contributed by atoms with E-state index in [0.29, 0.717) is 0 Å². The van der Waals surface area contributed by atoms with Gasteiger partial charge in [0.15, 0.2) is 0 Å². The first kappa shape index (κ1) is 9.56. The SMILES string of the molecule is CCC[N+](=C(C)N)C1CCCC1. The molecule has 0 bridgehead atoms. The number of hydrogen-bond acceptors (Lipinski definition) is 0. The van der Waals surface area contributed by atoms with Crippen LogP contribution >= 0.6 is 0 Å². The van der Waals surface area contributed by atoms with Crippen molar-refractivity contribution in [2.75, 3.05) is 6.54 Å². The first-order valence-corrected chi connectivity index (χ1v) is 5.11. The van der Waals surface area contributed by atoms with Crippen molar-refractivity contribution in [3.05, 3.63) is 0 Å². The highest BCUT2D eigenvalue weighted by molar-refractivity contribution is 5.72. The maximum atomic E-state index is 5.85. The lowest BCUT2D eigenvalue weighted by atomic mass is 10.2. The molecule has 1 aliphatic rings. The summed E-state index contributed by atoms with van der Waals surface area (Å²) in [5.41, 5.74) is 5.85. The Balaban J connectivity index is 2.59. The molecule has 2 nitrogen and oxygen atoms in total. The van der Waals surface area contributed by atoms with E-state index in [0.717, 1.165) is 18.4 Å². The van der Waals surface area contributed by atoms with E-state index in [1.807, 2.05) is 6.92 Å². The first-order valence-electron chi connectivity index (χ1n) is 5.11. The average Bonchev–Trinajstić information content (AvgIpc) is 2.51. The molecule has 1 fully saturated rings. The normalized spacial score (nSPS) is 21.2. The topological polar surface area (TPSA) is 29.0 Å². The molecule has 2 N–H and O–H groups in total. The van der Waals surface area contributed by atoms with E-state index in [1.165, 1.54) is 32.1 Å². The van der Waals surface area contributed by atoms with Crippen LogP contribution in [0.1, 0.15) is 46.0 Å². The highest BCUT2D eigenvalue weighted by atomic mass is 15.1. The van der Waals surface area contributed by atoms with Crippen molar-refractivity contribution in [3.63, 3.8) is 0 Å². The van der Waals surface area contributed by atoms with Crippen molar-refractivity contribution >= 4 is 5.84 Å².